The minimum atomic E-state index is -0.747. The zero-order valence-electron chi connectivity index (χ0n) is 11.4. The Bertz CT molecular complexity index is 347. The summed E-state index contributed by atoms with van der Waals surface area (Å²) in [4.78, 5) is 24.5. The smallest absolute Gasteiger partial charge is 0.306 e. The van der Waals surface area contributed by atoms with Gasteiger partial charge in [0.15, 0.2) is 0 Å². The van der Waals surface area contributed by atoms with Crippen molar-refractivity contribution in [2.24, 2.45) is 11.3 Å². The van der Waals surface area contributed by atoms with Crippen molar-refractivity contribution in [2.45, 2.75) is 19.8 Å². The van der Waals surface area contributed by atoms with E-state index in [1.807, 2.05) is 0 Å². The third kappa shape index (κ3) is 3.67. The number of hydrogen-bond donors (Lipinski definition) is 2. The van der Waals surface area contributed by atoms with Gasteiger partial charge in [-0.3, -0.25) is 9.59 Å². The van der Waals surface area contributed by atoms with Gasteiger partial charge in [-0.05, 0) is 12.8 Å². The Balaban J connectivity index is 1.65. The lowest BCUT2D eigenvalue weighted by Crippen LogP contribution is -2.50. The van der Waals surface area contributed by atoms with Crippen molar-refractivity contribution in [1.82, 2.24) is 10.2 Å². The van der Waals surface area contributed by atoms with Crippen LogP contribution in [0.1, 0.15) is 19.8 Å². The van der Waals surface area contributed by atoms with Crippen molar-refractivity contribution in [3.05, 3.63) is 0 Å². The normalized spacial score (nSPS) is 22.9. The van der Waals surface area contributed by atoms with Crippen molar-refractivity contribution in [2.75, 3.05) is 39.4 Å². The van der Waals surface area contributed by atoms with E-state index in [1.54, 1.807) is 4.90 Å². The van der Waals surface area contributed by atoms with E-state index in [2.05, 4.69) is 12.2 Å². The summed E-state index contributed by atoms with van der Waals surface area (Å²) in [7, 11) is 0. The van der Waals surface area contributed by atoms with E-state index in [0.29, 0.717) is 32.5 Å². The molecule has 0 spiro atoms. The maximum atomic E-state index is 12.0. The van der Waals surface area contributed by atoms with Gasteiger partial charge in [0.25, 0.3) is 0 Å². The number of nitrogens with zero attached hydrogens (tertiary/aromatic N) is 1. The molecule has 19 heavy (non-hydrogen) atoms. The number of hydrogen-bond acceptors (Lipinski definition) is 4. The van der Waals surface area contributed by atoms with Crippen LogP contribution in [0.3, 0.4) is 0 Å². The van der Waals surface area contributed by atoms with Crippen molar-refractivity contribution in [3.8, 4) is 0 Å². The van der Waals surface area contributed by atoms with E-state index in [9.17, 15) is 9.59 Å². The number of carbonyl (C=O) groups is 2. The zero-order valence-corrected chi connectivity index (χ0v) is 11.4. The number of carboxylic acids is 1. The zero-order chi connectivity index (χ0) is 13.9. The van der Waals surface area contributed by atoms with Gasteiger partial charge in [0.2, 0.25) is 5.91 Å². The van der Waals surface area contributed by atoms with Gasteiger partial charge in [-0.2, -0.15) is 0 Å². The van der Waals surface area contributed by atoms with Crippen molar-refractivity contribution in [3.63, 3.8) is 0 Å². The standard InChI is InChI=1S/C13H22N2O4/c1-13(8-19-9-13)7-14-6-11(16)15-4-2-10(3-5-15)12(17)18/h10,14H,2-9H2,1H3,(H,17,18). The Labute approximate surface area is 113 Å². The van der Waals surface area contributed by atoms with Crippen LogP contribution in [0.15, 0.2) is 0 Å². The van der Waals surface area contributed by atoms with Crippen LogP contribution < -0.4 is 5.32 Å². The minimum absolute atomic E-state index is 0.0627. The Morgan fingerprint density at radius 1 is 1.37 bits per heavy atom. The lowest BCUT2D eigenvalue weighted by molar-refractivity contribution is -0.145. The fourth-order valence-electron chi connectivity index (χ4n) is 2.51. The summed E-state index contributed by atoms with van der Waals surface area (Å²) in [6.45, 7) is 5.84. The molecule has 0 aromatic rings. The van der Waals surface area contributed by atoms with Crippen molar-refractivity contribution in [1.29, 1.82) is 0 Å². The van der Waals surface area contributed by atoms with Crippen LogP contribution in [0.5, 0.6) is 0 Å². The third-order valence-electron chi connectivity index (χ3n) is 3.93. The van der Waals surface area contributed by atoms with Crippen LogP contribution in [0.25, 0.3) is 0 Å². The minimum Gasteiger partial charge on any atom is -0.481 e. The average Bonchev–Trinajstić information content (AvgIpc) is 2.36. The van der Waals surface area contributed by atoms with Crippen LogP contribution in [0, 0.1) is 11.3 Å². The first-order valence-corrected chi connectivity index (χ1v) is 6.79. The second kappa shape index (κ2) is 5.88. The van der Waals surface area contributed by atoms with E-state index in [4.69, 9.17) is 9.84 Å². The number of nitrogens with one attached hydrogen (secondary N) is 1. The van der Waals surface area contributed by atoms with Gasteiger partial charge in [-0.15, -0.1) is 0 Å². The van der Waals surface area contributed by atoms with Crippen LogP contribution in [0.4, 0.5) is 0 Å². The molecule has 0 unspecified atom stereocenters. The summed E-state index contributed by atoms with van der Waals surface area (Å²) < 4.78 is 5.15. The predicted molar refractivity (Wildman–Crippen MR) is 68.7 cm³/mol. The van der Waals surface area contributed by atoms with Gasteiger partial charge in [0.05, 0.1) is 25.7 Å². The molecule has 6 heteroatoms. The molecule has 2 fully saturated rings. The topological polar surface area (TPSA) is 78.9 Å². The lowest BCUT2D eigenvalue weighted by atomic mass is 9.89. The van der Waals surface area contributed by atoms with Gasteiger partial charge in [-0.1, -0.05) is 6.92 Å². The Kier molecular flexibility index (Phi) is 4.42. The number of piperidine rings is 1. The number of carbonyl (C=O) groups excluding carboxylic acids is 1. The first-order chi connectivity index (χ1) is 9.00. The first-order valence-electron chi connectivity index (χ1n) is 6.79. The first kappa shape index (κ1) is 14.3. The highest BCUT2D eigenvalue weighted by atomic mass is 16.5. The van der Waals surface area contributed by atoms with Gasteiger partial charge in [0, 0.05) is 25.0 Å². The summed E-state index contributed by atoms with van der Waals surface area (Å²) >= 11 is 0. The van der Waals surface area contributed by atoms with Crippen LogP contribution >= 0.6 is 0 Å². The summed E-state index contributed by atoms with van der Waals surface area (Å²) in [6.07, 6.45) is 1.12. The molecule has 1 amide bonds. The summed E-state index contributed by atoms with van der Waals surface area (Å²) in [5.41, 5.74) is 0.163. The largest absolute Gasteiger partial charge is 0.481 e. The molecule has 0 aromatic heterocycles. The summed E-state index contributed by atoms with van der Waals surface area (Å²) in [5, 5.41) is 12.1. The molecular weight excluding hydrogens is 248 g/mol. The molecular formula is C13H22N2O4. The van der Waals surface area contributed by atoms with Crippen LogP contribution in [-0.2, 0) is 14.3 Å². The van der Waals surface area contributed by atoms with Crippen molar-refractivity contribution < 1.29 is 19.4 Å². The number of ether oxygens (including phenoxy) is 1. The molecule has 0 bridgehead atoms. The Hall–Kier alpha value is -1.14. The summed E-state index contributed by atoms with van der Waals surface area (Å²) in [6, 6.07) is 0. The Morgan fingerprint density at radius 3 is 2.47 bits per heavy atom. The van der Waals surface area contributed by atoms with Crippen LogP contribution in [0.2, 0.25) is 0 Å². The van der Waals surface area contributed by atoms with E-state index < -0.39 is 5.97 Å². The highest BCUT2D eigenvalue weighted by Gasteiger charge is 2.33. The quantitative estimate of drug-likeness (QED) is 0.731. The molecule has 2 saturated heterocycles. The fourth-order valence-corrected chi connectivity index (χ4v) is 2.51. The number of rotatable bonds is 5. The van der Waals surface area contributed by atoms with E-state index in [-0.39, 0.29) is 17.2 Å². The molecule has 0 atom stereocenters. The molecule has 108 valence electrons. The van der Waals surface area contributed by atoms with Crippen molar-refractivity contribution >= 4 is 11.9 Å². The molecule has 0 saturated carbocycles. The number of likely N-dealkylation sites (tertiary alicyclic amines) is 1. The molecule has 2 aliphatic rings. The molecule has 2 heterocycles. The van der Waals surface area contributed by atoms with Gasteiger partial charge >= 0.3 is 5.97 Å². The summed E-state index contributed by atoms with van der Waals surface area (Å²) in [5.74, 6) is -0.973. The second-order valence-electron chi connectivity index (χ2n) is 5.90. The van der Waals surface area contributed by atoms with E-state index in [0.717, 1.165) is 19.8 Å². The maximum absolute atomic E-state index is 12.0. The van der Waals surface area contributed by atoms with E-state index >= 15 is 0 Å². The second-order valence-corrected chi connectivity index (χ2v) is 5.90. The van der Waals surface area contributed by atoms with E-state index in [1.165, 1.54) is 0 Å². The maximum Gasteiger partial charge on any atom is 0.306 e. The predicted octanol–water partition coefficient (Wildman–Crippen LogP) is -0.0643. The molecule has 2 N–H and O–H groups in total. The molecule has 2 aliphatic heterocycles. The van der Waals surface area contributed by atoms with Gasteiger partial charge in [0.1, 0.15) is 0 Å². The molecule has 6 nitrogen and oxygen atoms in total. The monoisotopic (exact) mass is 270 g/mol. The molecule has 2 rings (SSSR count). The third-order valence-corrected chi connectivity index (χ3v) is 3.93. The number of aliphatic carboxylic acids is 1. The molecule has 0 radical (unpaired) electrons. The highest BCUT2D eigenvalue weighted by molar-refractivity contribution is 5.78. The average molecular weight is 270 g/mol. The molecule has 0 aliphatic carbocycles. The lowest BCUT2D eigenvalue weighted by Gasteiger charge is -2.38. The van der Waals surface area contributed by atoms with Crippen LogP contribution in [-0.4, -0.2) is 61.3 Å². The van der Waals surface area contributed by atoms with Gasteiger partial charge in [-0.25, -0.2) is 0 Å². The Morgan fingerprint density at radius 2 is 2.00 bits per heavy atom. The molecule has 0 aromatic carbocycles. The highest BCUT2D eigenvalue weighted by Crippen LogP contribution is 2.25. The number of amides is 1. The number of carboxylic acid groups (broad SMARTS) is 1. The fraction of sp³-hybridized carbons (Fsp3) is 0.846. The van der Waals surface area contributed by atoms with Gasteiger partial charge < -0.3 is 20.1 Å². The SMILES string of the molecule is CC1(CNCC(=O)N2CCC(C(=O)O)CC2)COC1.